The monoisotopic (exact) mass is 420 g/mol. The van der Waals surface area contributed by atoms with Crippen LogP contribution in [0.3, 0.4) is 0 Å². The molecule has 0 heterocycles. The Morgan fingerprint density at radius 3 is 1.19 bits per heavy atom. The van der Waals surface area contributed by atoms with Crippen LogP contribution in [0.25, 0.3) is 0 Å². The molecule has 6 N–H and O–H groups in total. The largest absolute Gasteiger partial charge is 0.399 e. The lowest BCUT2D eigenvalue weighted by Crippen LogP contribution is -2.21. The molecule has 6 nitrogen and oxygen atoms in total. The zero-order chi connectivity index (χ0) is 22.2. The van der Waals surface area contributed by atoms with Crippen molar-refractivity contribution in [3.05, 3.63) is 107 Å². The molecule has 32 heavy (non-hydrogen) atoms. The molecule has 0 bridgehead atoms. The number of nitrogens with one attached hydrogen (secondary N) is 2. The van der Waals surface area contributed by atoms with Gasteiger partial charge >= 0.3 is 0 Å². The van der Waals surface area contributed by atoms with E-state index in [9.17, 15) is 9.59 Å². The van der Waals surface area contributed by atoms with Crippen molar-refractivity contribution in [1.82, 2.24) is 0 Å². The van der Waals surface area contributed by atoms with Crippen molar-refractivity contribution in [2.45, 2.75) is 0 Å². The van der Waals surface area contributed by atoms with Crippen LogP contribution in [0.2, 0.25) is 0 Å². The molecular weight excluding hydrogens is 400 g/mol. The smallest absolute Gasteiger partial charge is 0.194 e. The Morgan fingerprint density at radius 1 is 0.438 bits per heavy atom. The van der Waals surface area contributed by atoms with E-state index in [1.165, 1.54) is 0 Å². The third-order valence-corrected chi connectivity index (χ3v) is 5.42. The Kier molecular flexibility index (Phi) is 4.60. The summed E-state index contributed by atoms with van der Waals surface area (Å²) in [5, 5.41) is 6.50. The van der Waals surface area contributed by atoms with Gasteiger partial charge in [0.25, 0.3) is 0 Å². The Morgan fingerprint density at radius 2 is 0.781 bits per heavy atom. The maximum Gasteiger partial charge on any atom is 0.194 e. The molecule has 0 fully saturated rings. The molecule has 0 unspecified atom stereocenters. The molecule has 4 aromatic carbocycles. The lowest BCUT2D eigenvalue weighted by molar-refractivity contribution is 0.0979. The van der Waals surface area contributed by atoms with Gasteiger partial charge in [0.1, 0.15) is 0 Å². The molecule has 4 aromatic rings. The number of benzene rings is 4. The van der Waals surface area contributed by atoms with Gasteiger partial charge in [-0.3, -0.25) is 9.59 Å². The van der Waals surface area contributed by atoms with Gasteiger partial charge in [-0.2, -0.15) is 0 Å². The second-order valence-electron chi connectivity index (χ2n) is 7.67. The topological polar surface area (TPSA) is 110 Å². The van der Waals surface area contributed by atoms with Gasteiger partial charge < -0.3 is 22.1 Å². The molecule has 5 rings (SSSR count). The van der Waals surface area contributed by atoms with Crippen LogP contribution >= 0.6 is 0 Å². The number of hydrogen-bond donors (Lipinski definition) is 4. The fraction of sp³-hybridized carbons (Fsp3) is 0. The van der Waals surface area contributed by atoms with Gasteiger partial charge in [-0.25, -0.2) is 0 Å². The van der Waals surface area contributed by atoms with Crippen LogP contribution in [0.1, 0.15) is 31.8 Å². The number of anilines is 6. The molecule has 1 aliphatic carbocycles. The summed E-state index contributed by atoms with van der Waals surface area (Å²) in [6, 6.07) is 25.0. The summed E-state index contributed by atoms with van der Waals surface area (Å²) < 4.78 is 0. The molecule has 156 valence electrons. The average molecular weight is 420 g/mol. The third-order valence-electron chi connectivity index (χ3n) is 5.42. The summed E-state index contributed by atoms with van der Waals surface area (Å²) in [4.78, 5) is 26.4. The van der Waals surface area contributed by atoms with Crippen LogP contribution in [-0.4, -0.2) is 11.6 Å². The zero-order valence-electron chi connectivity index (χ0n) is 17.1. The third kappa shape index (κ3) is 3.54. The summed E-state index contributed by atoms with van der Waals surface area (Å²) in [5.41, 5.74) is 17.5. The minimum Gasteiger partial charge on any atom is -0.399 e. The van der Waals surface area contributed by atoms with Crippen molar-refractivity contribution in [2.24, 2.45) is 0 Å². The predicted octanol–water partition coefficient (Wildman–Crippen LogP) is 5.11. The number of nitrogens with two attached hydrogens (primary N) is 2. The van der Waals surface area contributed by atoms with Crippen molar-refractivity contribution in [3.8, 4) is 0 Å². The van der Waals surface area contributed by atoms with E-state index in [0.29, 0.717) is 45.0 Å². The molecule has 0 radical (unpaired) electrons. The number of fused-ring (bicyclic) bond motifs is 2. The molecule has 0 saturated carbocycles. The SMILES string of the molecule is Nc1ccc(Nc2ccc3c(c2)C(=O)c2cc(Nc4ccc(N)cc4)ccc2C3=O)cc1. The maximum absolute atomic E-state index is 13.3. The van der Waals surface area contributed by atoms with Crippen LogP contribution in [0.15, 0.2) is 84.9 Å². The summed E-state index contributed by atoms with van der Waals surface area (Å²) in [7, 11) is 0. The number of nitrogen functional groups attached to an aromatic ring is 2. The predicted molar refractivity (Wildman–Crippen MR) is 128 cm³/mol. The Bertz CT molecular complexity index is 1260. The highest BCUT2D eigenvalue weighted by Gasteiger charge is 2.30. The maximum atomic E-state index is 13.3. The summed E-state index contributed by atoms with van der Waals surface area (Å²) in [6.07, 6.45) is 0. The van der Waals surface area contributed by atoms with Gasteiger partial charge in [0, 0.05) is 56.4 Å². The molecule has 0 amide bonds. The highest BCUT2D eigenvalue weighted by atomic mass is 16.1. The van der Waals surface area contributed by atoms with E-state index in [4.69, 9.17) is 11.5 Å². The highest BCUT2D eigenvalue weighted by molar-refractivity contribution is 6.29. The zero-order valence-corrected chi connectivity index (χ0v) is 17.1. The van der Waals surface area contributed by atoms with Gasteiger partial charge in [-0.15, -0.1) is 0 Å². The van der Waals surface area contributed by atoms with Gasteiger partial charge in [0.05, 0.1) is 0 Å². The fourth-order valence-corrected chi connectivity index (χ4v) is 3.77. The minimum absolute atomic E-state index is 0.160. The normalized spacial score (nSPS) is 12.1. The van der Waals surface area contributed by atoms with Crippen LogP contribution in [-0.2, 0) is 0 Å². The highest BCUT2D eigenvalue weighted by Crippen LogP contribution is 2.32. The standard InChI is InChI=1S/C26H20N4O2/c27-15-1-5-17(6-2-15)29-19-9-11-21-23(13-19)26(32)24-14-20(10-12-22(24)25(21)31)30-18-7-3-16(28)4-8-18/h1-14,29-30H,27-28H2. The first-order chi connectivity index (χ1) is 15.5. The quantitative estimate of drug-likeness (QED) is 0.301. The van der Waals surface area contributed by atoms with E-state index in [2.05, 4.69) is 10.6 Å². The van der Waals surface area contributed by atoms with Crippen molar-refractivity contribution in [2.75, 3.05) is 22.1 Å². The van der Waals surface area contributed by atoms with Gasteiger partial charge in [-0.05, 0) is 84.9 Å². The first-order valence-corrected chi connectivity index (χ1v) is 10.1. The Balaban J connectivity index is 1.46. The second kappa shape index (κ2) is 7.59. The number of carbonyl (C=O) groups is 2. The Labute approximate surface area is 184 Å². The van der Waals surface area contributed by atoms with E-state index >= 15 is 0 Å². The number of carbonyl (C=O) groups excluding carboxylic acids is 2. The first kappa shape index (κ1) is 19.4. The van der Waals surface area contributed by atoms with E-state index in [0.717, 1.165) is 11.4 Å². The van der Waals surface area contributed by atoms with E-state index in [1.807, 2.05) is 24.3 Å². The van der Waals surface area contributed by atoms with E-state index in [-0.39, 0.29) is 11.6 Å². The second-order valence-corrected chi connectivity index (χ2v) is 7.67. The van der Waals surface area contributed by atoms with Gasteiger partial charge in [0.2, 0.25) is 0 Å². The number of hydrogen-bond acceptors (Lipinski definition) is 6. The van der Waals surface area contributed by atoms with Gasteiger partial charge in [-0.1, -0.05) is 0 Å². The molecule has 0 saturated heterocycles. The van der Waals surface area contributed by atoms with Gasteiger partial charge in [0.15, 0.2) is 11.6 Å². The molecule has 0 atom stereocenters. The molecular formula is C26H20N4O2. The Hall–Kier alpha value is -4.58. The van der Waals surface area contributed by atoms with Crippen LogP contribution < -0.4 is 22.1 Å². The van der Waals surface area contributed by atoms with E-state index in [1.54, 1.807) is 60.7 Å². The summed E-state index contributed by atoms with van der Waals surface area (Å²) >= 11 is 0. The van der Waals surface area contributed by atoms with Crippen molar-refractivity contribution in [3.63, 3.8) is 0 Å². The fourth-order valence-electron chi connectivity index (χ4n) is 3.77. The summed E-state index contributed by atoms with van der Waals surface area (Å²) in [6.45, 7) is 0. The number of rotatable bonds is 4. The number of ketones is 2. The molecule has 1 aliphatic rings. The minimum atomic E-state index is -0.184. The lowest BCUT2D eigenvalue weighted by atomic mass is 9.83. The van der Waals surface area contributed by atoms with E-state index < -0.39 is 0 Å². The first-order valence-electron chi connectivity index (χ1n) is 10.1. The molecule has 0 aliphatic heterocycles. The van der Waals surface area contributed by atoms with Crippen LogP contribution in [0.5, 0.6) is 0 Å². The molecule has 0 spiro atoms. The lowest BCUT2D eigenvalue weighted by Gasteiger charge is -2.20. The molecule has 6 heteroatoms. The van der Waals surface area contributed by atoms with Crippen molar-refractivity contribution >= 4 is 45.7 Å². The van der Waals surface area contributed by atoms with Crippen LogP contribution in [0.4, 0.5) is 34.1 Å². The van der Waals surface area contributed by atoms with Crippen molar-refractivity contribution < 1.29 is 9.59 Å². The van der Waals surface area contributed by atoms with Crippen LogP contribution in [0, 0.1) is 0 Å². The molecule has 0 aromatic heterocycles. The average Bonchev–Trinajstić information content (AvgIpc) is 2.80. The van der Waals surface area contributed by atoms with Crippen molar-refractivity contribution in [1.29, 1.82) is 0 Å². The summed E-state index contributed by atoms with van der Waals surface area (Å²) in [5.74, 6) is -0.343.